The van der Waals surface area contributed by atoms with Crippen LogP contribution in [0.15, 0.2) is 42.7 Å². The zero-order chi connectivity index (χ0) is 13.1. The molecule has 0 amide bonds. The molecule has 2 heterocycles. The predicted molar refractivity (Wildman–Crippen MR) is 72.7 cm³/mol. The molecule has 1 aromatic carbocycles. The second kappa shape index (κ2) is 5.74. The minimum Gasteiger partial charge on any atom is -0.376 e. The zero-order valence-corrected chi connectivity index (χ0v) is 11.2. The fraction of sp³-hybridized carbons (Fsp3) is 0.357. The summed E-state index contributed by atoms with van der Waals surface area (Å²) in [7, 11) is 0. The lowest BCUT2D eigenvalue weighted by atomic mass is 10.1. The van der Waals surface area contributed by atoms with E-state index in [-0.39, 0.29) is 11.5 Å². The maximum atomic E-state index is 6.43. The van der Waals surface area contributed by atoms with E-state index in [2.05, 4.69) is 5.10 Å². The summed E-state index contributed by atoms with van der Waals surface area (Å²) < 4.78 is 12.8. The van der Waals surface area contributed by atoms with Crippen molar-refractivity contribution in [1.82, 2.24) is 9.78 Å². The highest BCUT2D eigenvalue weighted by atomic mass is 35.5. The highest BCUT2D eigenvalue weighted by molar-refractivity contribution is 6.21. The maximum Gasteiger partial charge on any atom is 0.101 e. The topological polar surface area (TPSA) is 36.3 Å². The number of hydrogen-bond donors (Lipinski definition) is 0. The van der Waals surface area contributed by atoms with Gasteiger partial charge in [0, 0.05) is 11.8 Å². The Hall–Kier alpha value is -1.36. The third-order valence-corrected chi connectivity index (χ3v) is 3.64. The maximum absolute atomic E-state index is 6.43. The first-order valence-corrected chi connectivity index (χ1v) is 6.71. The molecule has 0 radical (unpaired) electrons. The Balaban J connectivity index is 1.77. The lowest BCUT2D eigenvalue weighted by molar-refractivity contribution is -0.0892. The van der Waals surface area contributed by atoms with Gasteiger partial charge in [0.15, 0.2) is 0 Å². The minimum absolute atomic E-state index is 0.108. The number of aromatic nitrogens is 2. The summed E-state index contributed by atoms with van der Waals surface area (Å²) in [6.07, 6.45) is 3.61. The summed E-state index contributed by atoms with van der Waals surface area (Å²) >= 11 is 6.43. The van der Waals surface area contributed by atoms with Crippen LogP contribution in [-0.4, -0.2) is 35.7 Å². The van der Waals surface area contributed by atoms with Gasteiger partial charge in [0.05, 0.1) is 37.1 Å². The van der Waals surface area contributed by atoms with E-state index in [4.69, 9.17) is 21.1 Å². The van der Waals surface area contributed by atoms with Crippen molar-refractivity contribution in [3.8, 4) is 5.69 Å². The van der Waals surface area contributed by atoms with Crippen molar-refractivity contribution in [2.24, 2.45) is 0 Å². The second-order valence-electron chi connectivity index (χ2n) is 4.44. The number of nitrogens with zero attached hydrogens (tertiary/aromatic N) is 2. The lowest BCUT2D eigenvalue weighted by Gasteiger charge is -2.26. The molecular formula is C14H15ClN2O2. The Morgan fingerprint density at radius 3 is 2.84 bits per heavy atom. The van der Waals surface area contributed by atoms with Crippen LogP contribution in [0.25, 0.3) is 5.69 Å². The number of hydrogen-bond acceptors (Lipinski definition) is 3. The Morgan fingerprint density at radius 1 is 1.26 bits per heavy atom. The third kappa shape index (κ3) is 2.81. The van der Waals surface area contributed by atoms with Crippen LogP contribution >= 0.6 is 11.6 Å². The quantitative estimate of drug-likeness (QED) is 0.810. The molecule has 100 valence electrons. The van der Waals surface area contributed by atoms with Gasteiger partial charge in [0.2, 0.25) is 0 Å². The highest BCUT2D eigenvalue weighted by Crippen LogP contribution is 2.28. The molecule has 2 unspecified atom stereocenters. The fourth-order valence-electron chi connectivity index (χ4n) is 2.09. The van der Waals surface area contributed by atoms with Crippen LogP contribution in [0.4, 0.5) is 0 Å². The summed E-state index contributed by atoms with van der Waals surface area (Å²) in [6.45, 7) is 1.77. The average Bonchev–Trinajstić information content (AvgIpc) is 2.98. The average molecular weight is 279 g/mol. The van der Waals surface area contributed by atoms with E-state index >= 15 is 0 Å². The molecular weight excluding hydrogens is 264 g/mol. The van der Waals surface area contributed by atoms with E-state index in [9.17, 15) is 0 Å². The Morgan fingerprint density at radius 2 is 2.11 bits per heavy atom. The van der Waals surface area contributed by atoms with Crippen molar-refractivity contribution in [3.63, 3.8) is 0 Å². The van der Waals surface area contributed by atoms with Gasteiger partial charge in [-0.1, -0.05) is 18.2 Å². The van der Waals surface area contributed by atoms with E-state index < -0.39 is 0 Å². The molecule has 3 rings (SSSR count). The minimum atomic E-state index is -0.238. The molecule has 2 aromatic rings. The molecule has 4 nitrogen and oxygen atoms in total. The Bertz CT molecular complexity index is 523. The predicted octanol–water partition coefficient (Wildman–Crippen LogP) is 2.57. The first-order valence-electron chi connectivity index (χ1n) is 6.28. The number of rotatable bonds is 3. The van der Waals surface area contributed by atoms with Crippen molar-refractivity contribution in [1.29, 1.82) is 0 Å². The molecule has 5 heteroatoms. The Kier molecular flexibility index (Phi) is 3.82. The van der Waals surface area contributed by atoms with Crippen LogP contribution in [0, 0.1) is 0 Å². The molecule has 1 aromatic heterocycles. The molecule has 2 atom stereocenters. The monoisotopic (exact) mass is 278 g/mol. The van der Waals surface area contributed by atoms with Crippen LogP contribution in [0.3, 0.4) is 0 Å². The molecule has 0 N–H and O–H groups in total. The first kappa shape index (κ1) is 12.7. The number of halogens is 1. The molecule has 0 bridgehead atoms. The van der Waals surface area contributed by atoms with Gasteiger partial charge in [-0.2, -0.15) is 5.10 Å². The smallest absolute Gasteiger partial charge is 0.101 e. The molecule has 19 heavy (non-hydrogen) atoms. The van der Waals surface area contributed by atoms with Crippen molar-refractivity contribution >= 4 is 11.6 Å². The number of para-hydroxylation sites is 1. The Labute approximate surface area is 116 Å². The van der Waals surface area contributed by atoms with Gasteiger partial charge >= 0.3 is 0 Å². The van der Waals surface area contributed by atoms with Crippen LogP contribution in [-0.2, 0) is 9.47 Å². The fourth-order valence-corrected chi connectivity index (χ4v) is 2.35. The second-order valence-corrected chi connectivity index (χ2v) is 4.91. The largest absolute Gasteiger partial charge is 0.376 e. The van der Waals surface area contributed by atoms with Crippen LogP contribution in [0.1, 0.15) is 10.9 Å². The normalized spacial score (nSPS) is 21.2. The number of alkyl halides is 1. The van der Waals surface area contributed by atoms with Crippen molar-refractivity contribution in [2.45, 2.75) is 11.5 Å². The third-order valence-electron chi connectivity index (χ3n) is 3.11. The molecule has 1 fully saturated rings. The lowest BCUT2D eigenvalue weighted by Crippen LogP contribution is -2.31. The van der Waals surface area contributed by atoms with Gasteiger partial charge in [-0.3, -0.25) is 0 Å². The van der Waals surface area contributed by atoms with Gasteiger partial charge < -0.3 is 9.47 Å². The number of benzene rings is 1. The van der Waals surface area contributed by atoms with Crippen molar-refractivity contribution in [2.75, 3.05) is 19.8 Å². The van der Waals surface area contributed by atoms with Crippen LogP contribution < -0.4 is 0 Å². The molecule has 1 saturated heterocycles. The van der Waals surface area contributed by atoms with E-state index in [1.54, 1.807) is 6.20 Å². The van der Waals surface area contributed by atoms with Gasteiger partial charge in [-0.25, -0.2) is 4.68 Å². The summed E-state index contributed by atoms with van der Waals surface area (Å²) in [5.41, 5.74) is 1.96. The standard InChI is InChI=1S/C14H15ClN2O2/c15-14(13-10-18-6-7-19-13)11-8-16-17(9-11)12-4-2-1-3-5-12/h1-5,8-9,13-14H,6-7,10H2. The molecule has 0 saturated carbocycles. The molecule has 1 aliphatic heterocycles. The highest BCUT2D eigenvalue weighted by Gasteiger charge is 2.25. The van der Waals surface area contributed by atoms with Gasteiger partial charge in [-0.05, 0) is 12.1 Å². The SMILES string of the molecule is ClC(c1cnn(-c2ccccc2)c1)C1COCCO1. The first-order chi connectivity index (χ1) is 9.34. The van der Waals surface area contributed by atoms with E-state index in [0.29, 0.717) is 19.8 Å². The zero-order valence-electron chi connectivity index (χ0n) is 10.4. The summed E-state index contributed by atoms with van der Waals surface area (Å²) in [4.78, 5) is 0. The van der Waals surface area contributed by atoms with Gasteiger partial charge in [0.25, 0.3) is 0 Å². The summed E-state index contributed by atoms with van der Waals surface area (Å²) in [6, 6.07) is 9.94. The van der Waals surface area contributed by atoms with Gasteiger partial charge in [-0.15, -0.1) is 11.6 Å². The van der Waals surface area contributed by atoms with E-state index in [1.807, 2.05) is 41.2 Å². The van der Waals surface area contributed by atoms with Crippen molar-refractivity contribution < 1.29 is 9.47 Å². The molecule has 0 aliphatic carbocycles. The molecule has 0 spiro atoms. The molecule has 1 aliphatic rings. The van der Waals surface area contributed by atoms with Gasteiger partial charge in [0.1, 0.15) is 6.10 Å². The van der Waals surface area contributed by atoms with Crippen molar-refractivity contribution in [3.05, 3.63) is 48.3 Å². The van der Waals surface area contributed by atoms with E-state index in [1.165, 1.54) is 0 Å². The van der Waals surface area contributed by atoms with E-state index in [0.717, 1.165) is 11.3 Å². The van der Waals surface area contributed by atoms with Crippen LogP contribution in [0.5, 0.6) is 0 Å². The number of ether oxygens (including phenoxy) is 2. The van der Waals surface area contributed by atoms with Crippen LogP contribution in [0.2, 0.25) is 0 Å². The summed E-state index contributed by atoms with van der Waals surface area (Å²) in [5, 5.41) is 4.10. The summed E-state index contributed by atoms with van der Waals surface area (Å²) in [5.74, 6) is 0.